The number of amidine groups is 1. The van der Waals surface area contributed by atoms with Gasteiger partial charge in [0.15, 0.2) is 0 Å². The number of rotatable bonds is 6. The third-order valence-electron chi connectivity index (χ3n) is 5.64. The number of ether oxygens (including phenoxy) is 1. The standard InChI is InChI=1S/C23H34N2O2.C2H6/c1-7-9-22(24-6)25-23(26)16(4)18-10-11-19-15(3)13-21(27-12-8-2)17(5)20(19)14-18;1-2/h7,9,13,16,18H,8,10-12,14H2,1-6H3,(H,24,25,26);1-2H3/b9-7-;/t16-,18?;/m0./s1. The van der Waals surface area contributed by atoms with Crippen molar-refractivity contribution in [1.29, 1.82) is 0 Å². The maximum Gasteiger partial charge on any atom is 0.228 e. The first-order valence-electron chi connectivity index (χ1n) is 11.1. The van der Waals surface area contributed by atoms with Crippen molar-refractivity contribution in [2.75, 3.05) is 13.7 Å². The Labute approximate surface area is 177 Å². The molecule has 0 heterocycles. The monoisotopic (exact) mass is 400 g/mol. The third-order valence-corrected chi connectivity index (χ3v) is 5.64. The van der Waals surface area contributed by atoms with E-state index < -0.39 is 0 Å². The predicted octanol–water partition coefficient (Wildman–Crippen LogP) is 5.58. The van der Waals surface area contributed by atoms with Crippen LogP contribution in [0.3, 0.4) is 0 Å². The molecule has 1 aromatic rings. The number of amides is 1. The number of carbonyl (C=O) groups is 1. The van der Waals surface area contributed by atoms with Crippen molar-refractivity contribution >= 4 is 11.7 Å². The van der Waals surface area contributed by atoms with Gasteiger partial charge in [-0.05, 0) is 86.8 Å². The number of benzene rings is 1. The van der Waals surface area contributed by atoms with Crippen LogP contribution >= 0.6 is 0 Å². The molecule has 0 fully saturated rings. The molecule has 1 amide bonds. The molecular weight excluding hydrogens is 360 g/mol. The lowest BCUT2D eigenvalue weighted by Crippen LogP contribution is -2.38. The van der Waals surface area contributed by atoms with E-state index in [0.29, 0.717) is 11.8 Å². The summed E-state index contributed by atoms with van der Waals surface area (Å²) in [6, 6.07) is 2.18. The lowest BCUT2D eigenvalue weighted by atomic mass is 9.74. The molecule has 1 aliphatic carbocycles. The summed E-state index contributed by atoms with van der Waals surface area (Å²) in [4.78, 5) is 16.8. The Morgan fingerprint density at radius 2 is 2.03 bits per heavy atom. The van der Waals surface area contributed by atoms with Gasteiger partial charge in [0.2, 0.25) is 5.91 Å². The van der Waals surface area contributed by atoms with Gasteiger partial charge >= 0.3 is 0 Å². The summed E-state index contributed by atoms with van der Waals surface area (Å²) in [7, 11) is 1.70. The van der Waals surface area contributed by atoms with E-state index in [1.54, 1.807) is 7.05 Å². The van der Waals surface area contributed by atoms with Crippen LogP contribution in [-0.2, 0) is 17.6 Å². The molecule has 1 aromatic carbocycles. The molecular formula is C25H40N2O2. The first-order valence-corrected chi connectivity index (χ1v) is 11.1. The van der Waals surface area contributed by atoms with Crippen LogP contribution < -0.4 is 10.1 Å². The Morgan fingerprint density at radius 3 is 2.62 bits per heavy atom. The SMILES string of the molecule is C/C=C\C(=NC)NC(=O)[C@@H](C)C1CCc2c(C)cc(OCCC)c(C)c2C1.CC. The first kappa shape index (κ1) is 24.9. The first-order chi connectivity index (χ1) is 13.9. The van der Waals surface area contributed by atoms with Gasteiger partial charge in [0.05, 0.1) is 6.61 Å². The van der Waals surface area contributed by atoms with E-state index in [4.69, 9.17) is 4.74 Å². The van der Waals surface area contributed by atoms with Crippen molar-refractivity contribution in [3.05, 3.63) is 40.5 Å². The molecule has 1 aliphatic rings. The maximum absolute atomic E-state index is 12.7. The number of nitrogens with one attached hydrogen (secondary N) is 1. The fraction of sp³-hybridized carbons (Fsp3) is 0.600. The predicted molar refractivity (Wildman–Crippen MR) is 124 cm³/mol. The molecule has 162 valence electrons. The summed E-state index contributed by atoms with van der Waals surface area (Å²) < 4.78 is 5.97. The van der Waals surface area contributed by atoms with E-state index >= 15 is 0 Å². The normalized spacial score (nSPS) is 17.2. The molecule has 1 N–H and O–H groups in total. The van der Waals surface area contributed by atoms with E-state index in [-0.39, 0.29) is 11.8 Å². The maximum atomic E-state index is 12.7. The highest BCUT2D eigenvalue weighted by Gasteiger charge is 2.30. The molecule has 0 bridgehead atoms. The number of allylic oxidation sites excluding steroid dienone is 1. The van der Waals surface area contributed by atoms with Gasteiger partial charge in [-0.1, -0.05) is 33.8 Å². The quantitative estimate of drug-likeness (QED) is 0.500. The number of aliphatic imine (C=N–C) groups is 1. The minimum Gasteiger partial charge on any atom is -0.493 e. The van der Waals surface area contributed by atoms with Crippen LogP contribution in [0.1, 0.15) is 69.7 Å². The summed E-state index contributed by atoms with van der Waals surface area (Å²) in [5, 5.41) is 2.95. The Bertz CT molecular complexity index is 735. The minimum atomic E-state index is -0.0555. The molecule has 0 radical (unpaired) electrons. The summed E-state index contributed by atoms with van der Waals surface area (Å²) in [6.45, 7) is 15.2. The van der Waals surface area contributed by atoms with Gasteiger partial charge in [-0.25, -0.2) is 0 Å². The fourth-order valence-electron chi connectivity index (χ4n) is 3.90. The van der Waals surface area contributed by atoms with Crippen LogP contribution in [0.15, 0.2) is 23.2 Å². The molecule has 0 saturated heterocycles. The summed E-state index contributed by atoms with van der Waals surface area (Å²) in [5.41, 5.74) is 5.39. The lowest BCUT2D eigenvalue weighted by molar-refractivity contribution is -0.124. The Kier molecular flexibility index (Phi) is 10.7. The van der Waals surface area contributed by atoms with Gasteiger partial charge in [0.25, 0.3) is 0 Å². The molecule has 4 heteroatoms. The molecule has 0 saturated carbocycles. The van der Waals surface area contributed by atoms with Gasteiger partial charge in [0.1, 0.15) is 11.6 Å². The van der Waals surface area contributed by atoms with Crippen molar-refractivity contribution in [3.8, 4) is 5.75 Å². The lowest BCUT2D eigenvalue weighted by Gasteiger charge is -2.31. The molecule has 4 nitrogen and oxygen atoms in total. The van der Waals surface area contributed by atoms with Gasteiger partial charge in [-0.15, -0.1) is 0 Å². The van der Waals surface area contributed by atoms with Crippen molar-refractivity contribution in [2.24, 2.45) is 16.8 Å². The van der Waals surface area contributed by atoms with E-state index in [9.17, 15) is 4.79 Å². The van der Waals surface area contributed by atoms with Crippen molar-refractivity contribution in [2.45, 2.75) is 74.1 Å². The third kappa shape index (κ3) is 6.45. The van der Waals surface area contributed by atoms with Crippen LogP contribution in [0.25, 0.3) is 0 Å². The number of aryl methyl sites for hydroxylation is 1. The zero-order chi connectivity index (χ0) is 22.0. The average Bonchev–Trinajstić information content (AvgIpc) is 2.75. The Hall–Kier alpha value is -2.10. The number of hydrogen-bond acceptors (Lipinski definition) is 3. The van der Waals surface area contributed by atoms with Crippen LogP contribution in [0.5, 0.6) is 5.75 Å². The highest BCUT2D eigenvalue weighted by atomic mass is 16.5. The van der Waals surface area contributed by atoms with Gasteiger partial charge < -0.3 is 10.1 Å². The van der Waals surface area contributed by atoms with E-state index in [2.05, 4.69) is 37.1 Å². The van der Waals surface area contributed by atoms with Crippen LogP contribution in [-0.4, -0.2) is 25.4 Å². The van der Waals surface area contributed by atoms with Crippen molar-refractivity contribution < 1.29 is 9.53 Å². The van der Waals surface area contributed by atoms with Crippen LogP contribution in [0.2, 0.25) is 0 Å². The van der Waals surface area contributed by atoms with Gasteiger partial charge in [0, 0.05) is 13.0 Å². The highest BCUT2D eigenvalue weighted by molar-refractivity contribution is 6.04. The molecule has 29 heavy (non-hydrogen) atoms. The average molecular weight is 401 g/mol. The fourth-order valence-corrected chi connectivity index (χ4v) is 3.90. The zero-order valence-corrected chi connectivity index (χ0v) is 19.7. The topological polar surface area (TPSA) is 50.7 Å². The van der Waals surface area contributed by atoms with Crippen LogP contribution in [0, 0.1) is 25.7 Å². The smallest absolute Gasteiger partial charge is 0.228 e. The second kappa shape index (κ2) is 12.5. The van der Waals surface area contributed by atoms with Crippen LogP contribution in [0.4, 0.5) is 0 Å². The summed E-state index contributed by atoms with van der Waals surface area (Å²) >= 11 is 0. The van der Waals surface area contributed by atoms with Gasteiger partial charge in [-0.2, -0.15) is 0 Å². The largest absolute Gasteiger partial charge is 0.493 e. The summed E-state index contributed by atoms with van der Waals surface area (Å²) in [5.74, 6) is 1.95. The Balaban J connectivity index is 0.00000204. The van der Waals surface area contributed by atoms with E-state index in [0.717, 1.165) is 38.0 Å². The van der Waals surface area contributed by atoms with Gasteiger partial charge in [-0.3, -0.25) is 9.79 Å². The molecule has 0 spiro atoms. The second-order valence-corrected chi connectivity index (χ2v) is 7.51. The minimum absolute atomic E-state index is 0.0508. The Morgan fingerprint density at radius 1 is 1.34 bits per heavy atom. The van der Waals surface area contributed by atoms with E-state index in [1.807, 2.05) is 39.8 Å². The molecule has 2 rings (SSSR count). The van der Waals surface area contributed by atoms with Crippen molar-refractivity contribution in [3.63, 3.8) is 0 Å². The van der Waals surface area contributed by atoms with E-state index in [1.165, 1.54) is 22.3 Å². The zero-order valence-electron chi connectivity index (χ0n) is 19.7. The van der Waals surface area contributed by atoms with Crippen molar-refractivity contribution in [1.82, 2.24) is 5.32 Å². The second-order valence-electron chi connectivity index (χ2n) is 7.51. The molecule has 0 aliphatic heterocycles. The number of carbonyl (C=O) groups excluding carboxylic acids is 1. The number of fused-ring (bicyclic) bond motifs is 1. The summed E-state index contributed by atoms with van der Waals surface area (Å²) in [6.07, 6.45) is 7.71. The molecule has 1 unspecified atom stereocenters. The number of hydrogen-bond donors (Lipinski definition) is 1. The molecule has 2 atom stereocenters. The number of nitrogens with zero attached hydrogens (tertiary/aromatic N) is 1. The molecule has 0 aromatic heterocycles. The highest BCUT2D eigenvalue weighted by Crippen LogP contribution is 2.37.